The maximum absolute atomic E-state index is 11.9. The van der Waals surface area contributed by atoms with Gasteiger partial charge in [-0.05, 0) is 24.6 Å². The molecule has 0 amide bonds. The van der Waals surface area contributed by atoms with Gasteiger partial charge in [-0.25, -0.2) is 9.59 Å². The monoisotopic (exact) mass is 257 g/mol. The lowest BCUT2D eigenvalue weighted by molar-refractivity contribution is 0.424. The molecule has 1 aromatic carbocycles. The molecule has 96 valence electrons. The lowest BCUT2D eigenvalue weighted by atomic mass is 10.1. The highest BCUT2D eigenvalue weighted by molar-refractivity contribution is 5.80. The van der Waals surface area contributed by atoms with Gasteiger partial charge < -0.3 is 8.83 Å². The molecule has 0 saturated heterocycles. The average molecular weight is 257 g/mol. The van der Waals surface area contributed by atoms with Crippen LogP contribution in [0.2, 0.25) is 0 Å². The molecular weight excluding hydrogens is 246 g/mol. The van der Waals surface area contributed by atoms with E-state index in [-0.39, 0.29) is 0 Å². The summed E-state index contributed by atoms with van der Waals surface area (Å²) in [4.78, 5) is 23.6. The van der Waals surface area contributed by atoms with Crippen LogP contribution in [0.15, 0.2) is 55.2 Å². The third-order valence-corrected chi connectivity index (χ3v) is 3.07. The molecule has 0 saturated carbocycles. The number of fused-ring (bicyclic) bond motifs is 1. The average Bonchev–Trinajstić information content (AvgIpc) is 2.87. The molecule has 2 heterocycles. The maximum Gasteiger partial charge on any atom is 0.422 e. The van der Waals surface area contributed by atoms with E-state index in [0.717, 1.165) is 11.1 Å². The van der Waals surface area contributed by atoms with Gasteiger partial charge >= 0.3 is 11.4 Å². The van der Waals surface area contributed by atoms with Crippen molar-refractivity contribution in [3.05, 3.63) is 68.9 Å². The standard InChI is InChI=1S/C14H11NO4/c1-9-3-2-4-11-12(9)13(16)19-14(17)15(11)7-10-5-6-18-8-10/h2-6,8H,7H2,1H3. The first-order chi connectivity index (χ1) is 9.16. The van der Waals surface area contributed by atoms with Crippen LogP contribution in [0.3, 0.4) is 0 Å². The fourth-order valence-corrected chi connectivity index (χ4v) is 2.14. The zero-order valence-corrected chi connectivity index (χ0v) is 10.3. The minimum absolute atomic E-state index is 0.305. The maximum atomic E-state index is 11.9. The van der Waals surface area contributed by atoms with E-state index in [1.54, 1.807) is 18.4 Å². The van der Waals surface area contributed by atoms with Crippen molar-refractivity contribution in [3.63, 3.8) is 0 Å². The molecule has 0 aliphatic carbocycles. The van der Waals surface area contributed by atoms with E-state index in [0.29, 0.717) is 17.4 Å². The van der Waals surface area contributed by atoms with Crippen molar-refractivity contribution in [1.82, 2.24) is 4.57 Å². The van der Waals surface area contributed by atoms with Crippen LogP contribution < -0.4 is 11.4 Å². The molecular formula is C14H11NO4. The second-order valence-corrected chi connectivity index (χ2v) is 4.34. The van der Waals surface area contributed by atoms with Gasteiger partial charge in [-0.1, -0.05) is 12.1 Å². The van der Waals surface area contributed by atoms with Crippen molar-refractivity contribution >= 4 is 10.9 Å². The number of aromatic nitrogens is 1. The predicted octanol–water partition coefficient (Wildman–Crippen LogP) is 1.90. The van der Waals surface area contributed by atoms with Gasteiger partial charge in [-0.15, -0.1) is 0 Å². The van der Waals surface area contributed by atoms with Crippen LogP contribution in [0.5, 0.6) is 0 Å². The Morgan fingerprint density at radius 3 is 2.79 bits per heavy atom. The Balaban J connectivity index is 2.32. The third kappa shape index (κ3) is 1.89. The Hall–Kier alpha value is -2.56. The Morgan fingerprint density at radius 2 is 2.05 bits per heavy atom. The highest BCUT2D eigenvalue weighted by Crippen LogP contribution is 2.14. The summed E-state index contributed by atoms with van der Waals surface area (Å²) in [5.41, 5.74) is 1.59. The summed E-state index contributed by atoms with van der Waals surface area (Å²) in [6, 6.07) is 7.12. The van der Waals surface area contributed by atoms with Crippen molar-refractivity contribution in [2.75, 3.05) is 0 Å². The van der Waals surface area contributed by atoms with Crippen LogP contribution in [-0.2, 0) is 6.54 Å². The van der Waals surface area contributed by atoms with Crippen LogP contribution in [0, 0.1) is 6.92 Å². The van der Waals surface area contributed by atoms with Crippen molar-refractivity contribution in [3.8, 4) is 0 Å². The van der Waals surface area contributed by atoms with E-state index in [1.165, 1.54) is 10.8 Å². The molecule has 0 aliphatic heterocycles. The molecule has 5 nitrogen and oxygen atoms in total. The summed E-state index contributed by atoms with van der Waals surface area (Å²) in [7, 11) is 0. The largest absolute Gasteiger partial charge is 0.472 e. The minimum Gasteiger partial charge on any atom is -0.472 e. The number of benzene rings is 1. The fraction of sp³-hybridized carbons (Fsp3) is 0.143. The molecule has 5 heteroatoms. The topological polar surface area (TPSA) is 65.3 Å². The molecule has 0 unspecified atom stereocenters. The van der Waals surface area contributed by atoms with E-state index in [1.807, 2.05) is 19.1 Å². The van der Waals surface area contributed by atoms with Gasteiger partial charge in [-0.2, -0.15) is 0 Å². The van der Waals surface area contributed by atoms with E-state index >= 15 is 0 Å². The van der Waals surface area contributed by atoms with Gasteiger partial charge in [0.2, 0.25) is 0 Å². The van der Waals surface area contributed by atoms with E-state index in [4.69, 9.17) is 8.83 Å². The van der Waals surface area contributed by atoms with Crippen molar-refractivity contribution < 1.29 is 8.83 Å². The Labute approximate surface area is 107 Å². The second-order valence-electron chi connectivity index (χ2n) is 4.34. The molecule has 0 aliphatic rings. The SMILES string of the molecule is Cc1cccc2c1c(=O)oc(=O)n2Cc1ccoc1. The van der Waals surface area contributed by atoms with E-state index in [2.05, 4.69) is 0 Å². The van der Waals surface area contributed by atoms with Gasteiger partial charge in [-0.3, -0.25) is 4.57 Å². The summed E-state index contributed by atoms with van der Waals surface area (Å²) in [5, 5.41) is 0.436. The highest BCUT2D eigenvalue weighted by Gasteiger charge is 2.11. The first-order valence-corrected chi connectivity index (χ1v) is 5.81. The molecule has 0 radical (unpaired) electrons. The van der Waals surface area contributed by atoms with Crippen LogP contribution in [0.4, 0.5) is 0 Å². The summed E-state index contributed by atoms with van der Waals surface area (Å²) in [6.45, 7) is 2.12. The molecule has 3 rings (SSSR count). The Morgan fingerprint density at radius 1 is 1.21 bits per heavy atom. The van der Waals surface area contributed by atoms with Crippen molar-refractivity contribution in [1.29, 1.82) is 0 Å². The normalized spacial score (nSPS) is 11.0. The lowest BCUT2D eigenvalue weighted by Gasteiger charge is -2.08. The van der Waals surface area contributed by atoms with E-state index < -0.39 is 11.4 Å². The number of nitrogens with zero attached hydrogens (tertiary/aromatic N) is 1. The molecule has 3 aromatic rings. The predicted molar refractivity (Wildman–Crippen MR) is 69.3 cm³/mol. The quantitative estimate of drug-likeness (QED) is 0.703. The molecule has 0 N–H and O–H groups in total. The number of rotatable bonds is 2. The third-order valence-electron chi connectivity index (χ3n) is 3.07. The minimum atomic E-state index is -0.663. The molecule has 0 spiro atoms. The number of furan rings is 1. The fourth-order valence-electron chi connectivity index (χ4n) is 2.14. The molecule has 0 fully saturated rings. The highest BCUT2D eigenvalue weighted by atomic mass is 16.4. The van der Waals surface area contributed by atoms with Crippen LogP contribution in [0.1, 0.15) is 11.1 Å². The Kier molecular flexibility index (Phi) is 2.59. The number of hydrogen-bond acceptors (Lipinski definition) is 4. The van der Waals surface area contributed by atoms with Gasteiger partial charge in [0.25, 0.3) is 0 Å². The van der Waals surface area contributed by atoms with Crippen molar-refractivity contribution in [2.45, 2.75) is 13.5 Å². The van der Waals surface area contributed by atoms with Crippen LogP contribution in [0.25, 0.3) is 10.9 Å². The van der Waals surface area contributed by atoms with Gasteiger partial charge in [0, 0.05) is 5.56 Å². The molecule has 0 atom stereocenters. The first-order valence-electron chi connectivity index (χ1n) is 5.81. The summed E-state index contributed by atoms with van der Waals surface area (Å²) in [5.74, 6) is -0.663. The summed E-state index contributed by atoms with van der Waals surface area (Å²) in [6.07, 6.45) is 3.09. The first kappa shape index (κ1) is 11.5. The van der Waals surface area contributed by atoms with Gasteiger partial charge in [0.1, 0.15) is 0 Å². The molecule has 0 bridgehead atoms. The lowest BCUT2D eigenvalue weighted by Crippen LogP contribution is -2.25. The van der Waals surface area contributed by atoms with Crippen LogP contribution >= 0.6 is 0 Å². The van der Waals surface area contributed by atoms with Gasteiger partial charge in [0.05, 0.1) is 30.0 Å². The second kappa shape index (κ2) is 4.28. The molecule has 19 heavy (non-hydrogen) atoms. The van der Waals surface area contributed by atoms with E-state index in [9.17, 15) is 9.59 Å². The summed E-state index contributed by atoms with van der Waals surface area (Å²) < 4.78 is 11.2. The number of hydrogen-bond donors (Lipinski definition) is 0. The zero-order valence-electron chi connectivity index (χ0n) is 10.3. The smallest absolute Gasteiger partial charge is 0.422 e. The van der Waals surface area contributed by atoms with Crippen molar-refractivity contribution in [2.24, 2.45) is 0 Å². The van der Waals surface area contributed by atoms with Crippen LogP contribution in [-0.4, -0.2) is 4.57 Å². The summed E-state index contributed by atoms with van der Waals surface area (Å²) >= 11 is 0. The Bertz CT molecular complexity index is 840. The zero-order chi connectivity index (χ0) is 13.4. The molecule has 2 aromatic heterocycles. The number of aryl methyl sites for hydroxylation is 1. The van der Waals surface area contributed by atoms with Gasteiger partial charge in [0.15, 0.2) is 0 Å².